The zero-order chi connectivity index (χ0) is 19.1. The molecule has 1 heterocycles. The largest absolute Gasteiger partial charge is 0.280 e. The maximum atomic E-state index is 13.8. The van der Waals surface area contributed by atoms with Crippen LogP contribution in [0.25, 0.3) is 0 Å². The van der Waals surface area contributed by atoms with Crippen molar-refractivity contribution in [3.63, 3.8) is 0 Å². The molecule has 0 unspecified atom stereocenters. The highest BCUT2D eigenvalue weighted by molar-refractivity contribution is 7.92. The highest BCUT2D eigenvalue weighted by Crippen LogP contribution is 2.32. The summed E-state index contributed by atoms with van der Waals surface area (Å²) >= 11 is 0. The topological polar surface area (TPSA) is 83.6 Å². The minimum atomic E-state index is -4.33. The first kappa shape index (κ1) is 18.6. The summed E-state index contributed by atoms with van der Waals surface area (Å²) in [6.07, 6.45) is 2.27. The van der Waals surface area contributed by atoms with E-state index < -0.39 is 36.6 Å². The molecule has 0 radical (unpaired) electrons. The molecule has 0 amide bonds. The summed E-state index contributed by atoms with van der Waals surface area (Å²) in [5, 5.41) is 0. The van der Waals surface area contributed by atoms with E-state index in [4.69, 9.17) is 0 Å². The van der Waals surface area contributed by atoms with Crippen molar-refractivity contribution >= 4 is 31.4 Å². The molecule has 0 spiro atoms. The fraction of sp³-hybridized carbons (Fsp3) is 0.250. The Balaban J connectivity index is 1.96. The van der Waals surface area contributed by atoms with Gasteiger partial charge >= 0.3 is 0 Å². The van der Waals surface area contributed by atoms with Crippen molar-refractivity contribution < 1.29 is 25.6 Å². The molecule has 2 aromatic rings. The molecule has 0 fully saturated rings. The summed E-state index contributed by atoms with van der Waals surface area (Å²) in [6, 6.07) is 6.54. The lowest BCUT2D eigenvalue weighted by Gasteiger charge is -2.29. The van der Waals surface area contributed by atoms with Crippen molar-refractivity contribution in [3.8, 4) is 0 Å². The molecule has 6 nitrogen and oxygen atoms in total. The van der Waals surface area contributed by atoms with E-state index in [1.165, 1.54) is 22.5 Å². The second-order valence-electron chi connectivity index (χ2n) is 5.96. The Morgan fingerprint density at radius 1 is 1.04 bits per heavy atom. The minimum Gasteiger partial charge on any atom is -0.280 e. The van der Waals surface area contributed by atoms with Gasteiger partial charge in [-0.1, -0.05) is 0 Å². The zero-order valence-electron chi connectivity index (χ0n) is 13.7. The highest BCUT2D eigenvalue weighted by atomic mass is 32.2. The van der Waals surface area contributed by atoms with Gasteiger partial charge in [-0.15, -0.1) is 0 Å². The second-order valence-corrected chi connectivity index (χ2v) is 9.52. The average molecular weight is 402 g/mol. The van der Waals surface area contributed by atoms with Crippen LogP contribution < -0.4 is 9.03 Å². The number of halogens is 2. The van der Waals surface area contributed by atoms with E-state index in [0.717, 1.165) is 18.4 Å². The molecule has 1 aliphatic rings. The predicted molar refractivity (Wildman–Crippen MR) is 94.1 cm³/mol. The molecule has 0 aliphatic carbocycles. The fourth-order valence-electron chi connectivity index (χ4n) is 2.86. The molecule has 0 atom stereocenters. The first-order valence-electron chi connectivity index (χ1n) is 7.66. The molecule has 1 aliphatic heterocycles. The van der Waals surface area contributed by atoms with Crippen molar-refractivity contribution in [2.75, 3.05) is 21.8 Å². The second kappa shape index (κ2) is 6.51. The summed E-state index contributed by atoms with van der Waals surface area (Å²) in [6.45, 7) is 0.353. The van der Waals surface area contributed by atoms with Crippen molar-refractivity contribution in [1.82, 2.24) is 0 Å². The van der Waals surface area contributed by atoms with Crippen molar-refractivity contribution in [2.24, 2.45) is 0 Å². The number of rotatable bonds is 4. The third-order valence-corrected chi connectivity index (χ3v) is 6.57. The molecular formula is C16H16F2N2O4S2. The van der Waals surface area contributed by atoms with Gasteiger partial charge in [-0.25, -0.2) is 25.6 Å². The Hall–Kier alpha value is -2.20. The quantitative estimate of drug-likeness (QED) is 0.852. The van der Waals surface area contributed by atoms with Gasteiger partial charge in [0.2, 0.25) is 10.0 Å². The third-order valence-electron chi connectivity index (χ3n) is 3.99. The molecule has 0 bridgehead atoms. The number of nitrogens with zero attached hydrogens (tertiary/aromatic N) is 1. The smallest absolute Gasteiger partial charge is 0.264 e. The summed E-state index contributed by atoms with van der Waals surface area (Å²) in [7, 11) is -7.77. The van der Waals surface area contributed by atoms with Crippen LogP contribution in [0.4, 0.5) is 20.2 Å². The normalized spacial score (nSPS) is 14.8. The van der Waals surface area contributed by atoms with Gasteiger partial charge in [0.25, 0.3) is 10.0 Å². The standard InChI is InChI=1S/C16H16F2N2O4S2/c1-25(21,22)20-8-2-3-11-9-13(5-7-15(11)20)19-26(23,24)16-10-12(17)4-6-14(16)18/h4-7,9-10,19H,2-3,8H2,1H3. The number of aryl methyl sites for hydroxylation is 1. The van der Waals surface area contributed by atoms with Crippen LogP contribution in [0.15, 0.2) is 41.3 Å². The fourth-order valence-corrected chi connectivity index (χ4v) is 5.00. The Labute approximate surface area is 150 Å². The van der Waals surface area contributed by atoms with Crippen molar-refractivity contribution in [1.29, 1.82) is 0 Å². The summed E-state index contributed by atoms with van der Waals surface area (Å²) in [5.41, 5.74) is 1.28. The van der Waals surface area contributed by atoms with Crippen LogP contribution in [0.2, 0.25) is 0 Å². The lowest BCUT2D eigenvalue weighted by Crippen LogP contribution is -2.34. The molecule has 0 saturated heterocycles. The van der Waals surface area contributed by atoms with Crippen LogP contribution in [0, 0.1) is 11.6 Å². The van der Waals surface area contributed by atoms with Crippen molar-refractivity contribution in [2.45, 2.75) is 17.7 Å². The van der Waals surface area contributed by atoms with Crippen LogP contribution in [0.3, 0.4) is 0 Å². The number of anilines is 2. The van der Waals surface area contributed by atoms with Crippen LogP contribution in [-0.2, 0) is 26.5 Å². The molecule has 0 saturated carbocycles. The van der Waals surface area contributed by atoms with Crippen molar-refractivity contribution in [3.05, 3.63) is 53.6 Å². The monoisotopic (exact) mass is 402 g/mol. The van der Waals surface area contributed by atoms with E-state index in [1.807, 2.05) is 0 Å². The lowest BCUT2D eigenvalue weighted by molar-refractivity contribution is 0.555. The maximum absolute atomic E-state index is 13.8. The van der Waals surface area contributed by atoms with Crippen LogP contribution in [0.5, 0.6) is 0 Å². The highest BCUT2D eigenvalue weighted by Gasteiger charge is 2.25. The lowest BCUT2D eigenvalue weighted by atomic mass is 10.0. The Morgan fingerprint density at radius 2 is 1.77 bits per heavy atom. The number of benzene rings is 2. The van der Waals surface area contributed by atoms with Gasteiger partial charge in [0, 0.05) is 12.2 Å². The third kappa shape index (κ3) is 3.65. The van der Waals surface area contributed by atoms with E-state index in [-0.39, 0.29) is 5.69 Å². The van der Waals surface area contributed by atoms with E-state index in [2.05, 4.69) is 4.72 Å². The zero-order valence-corrected chi connectivity index (χ0v) is 15.4. The summed E-state index contributed by atoms with van der Waals surface area (Å²) in [4.78, 5) is -0.798. The predicted octanol–water partition coefficient (Wildman–Crippen LogP) is 2.48. The van der Waals surface area contributed by atoms with Crippen LogP contribution in [-0.4, -0.2) is 29.6 Å². The molecule has 2 aromatic carbocycles. The molecule has 140 valence electrons. The molecule has 26 heavy (non-hydrogen) atoms. The molecule has 3 rings (SSSR count). The van der Waals surface area contributed by atoms with Gasteiger partial charge in [0.15, 0.2) is 0 Å². The Kier molecular flexibility index (Phi) is 4.65. The average Bonchev–Trinajstić information content (AvgIpc) is 2.55. The van der Waals surface area contributed by atoms with Gasteiger partial charge in [-0.3, -0.25) is 9.03 Å². The number of fused-ring (bicyclic) bond motifs is 1. The summed E-state index contributed by atoms with van der Waals surface area (Å²) < 4.78 is 78.9. The Bertz CT molecular complexity index is 1070. The van der Waals surface area contributed by atoms with Gasteiger partial charge in [-0.2, -0.15) is 0 Å². The maximum Gasteiger partial charge on any atom is 0.264 e. The van der Waals surface area contributed by atoms with Gasteiger partial charge in [0.05, 0.1) is 11.9 Å². The number of sulfonamides is 2. The van der Waals surface area contributed by atoms with E-state index in [9.17, 15) is 25.6 Å². The first-order chi connectivity index (χ1) is 12.1. The Morgan fingerprint density at radius 3 is 2.46 bits per heavy atom. The van der Waals surface area contributed by atoms with Crippen LogP contribution in [0.1, 0.15) is 12.0 Å². The molecule has 1 N–H and O–H groups in total. The SMILES string of the molecule is CS(=O)(=O)N1CCCc2cc(NS(=O)(=O)c3cc(F)ccc3F)ccc21. The minimum absolute atomic E-state index is 0.141. The molecular weight excluding hydrogens is 386 g/mol. The first-order valence-corrected chi connectivity index (χ1v) is 11.0. The number of hydrogen-bond acceptors (Lipinski definition) is 4. The van der Waals surface area contributed by atoms with E-state index in [1.54, 1.807) is 0 Å². The van der Waals surface area contributed by atoms with Crippen LogP contribution >= 0.6 is 0 Å². The molecule has 10 heteroatoms. The summed E-state index contributed by atoms with van der Waals surface area (Å²) in [5.74, 6) is -1.94. The van der Waals surface area contributed by atoms with Gasteiger partial charge in [0.1, 0.15) is 16.5 Å². The number of nitrogens with one attached hydrogen (secondary N) is 1. The van der Waals surface area contributed by atoms with E-state index >= 15 is 0 Å². The van der Waals surface area contributed by atoms with Gasteiger partial charge < -0.3 is 0 Å². The molecule has 0 aromatic heterocycles. The van der Waals surface area contributed by atoms with E-state index in [0.29, 0.717) is 36.7 Å². The number of hydrogen-bond donors (Lipinski definition) is 1. The van der Waals surface area contributed by atoms with Gasteiger partial charge in [-0.05, 0) is 54.8 Å².